The van der Waals surface area contributed by atoms with Crippen LogP contribution >= 0.6 is 35.3 Å². The summed E-state index contributed by atoms with van der Waals surface area (Å²) < 4.78 is 13.1. The number of hydrogen-bond donors (Lipinski definition) is 3. The molecule has 0 aliphatic heterocycles. The fourth-order valence-corrected chi connectivity index (χ4v) is 3.37. The van der Waals surface area contributed by atoms with Crippen LogP contribution in [0.4, 0.5) is 4.39 Å². The van der Waals surface area contributed by atoms with Crippen molar-refractivity contribution in [2.45, 2.75) is 26.7 Å². The van der Waals surface area contributed by atoms with Crippen LogP contribution in [0.3, 0.4) is 0 Å². The van der Waals surface area contributed by atoms with Crippen molar-refractivity contribution in [3.8, 4) is 0 Å². The third-order valence-corrected chi connectivity index (χ3v) is 5.05. The van der Waals surface area contributed by atoms with Crippen LogP contribution in [0.1, 0.15) is 21.1 Å². The number of amides is 1. The zero-order valence-electron chi connectivity index (χ0n) is 16.3. The molecule has 0 spiro atoms. The first-order chi connectivity index (χ1) is 13.0. The van der Waals surface area contributed by atoms with Crippen molar-refractivity contribution in [2.75, 3.05) is 26.7 Å². The minimum Gasteiger partial charge on any atom is -0.356 e. The summed E-state index contributed by atoms with van der Waals surface area (Å²) in [6.45, 7) is 5.83. The van der Waals surface area contributed by atoms with Crippen LogP contribution in [0, 0.1) is 19.7 Å². The van der Waals surface area contributed by atoms with Crippen LogP contribution < -0.4 is 16.0 Å². The predicted molar refractivity (Wildman–Crippen MR) is 123 cm³/mol. The van der Waals surface area contributed by atoms with Gasteiger partial charge in [-0.1, -0.05) is 12.1 Å². The summed E-state index contributed by atoms with van der Waals surface area (Å²) in [6, 6.07) is 6.07. The largest absolute Gasteiger partial charge is 0.356 e. The number of nitrogens with one attached hydrogen (secondary N) is 3. The molecule has 0 atom stereocenters. The Labute approximate surface area is 186 Å². The molecule has 9 heteroatoms. The SMILES string of the molecule is CN=C(NCCNC(=O)Cc1cccc(F)c1)NCCc1nc(C)c(C)s1.I. The quantitative estimate of drug-likeness (QED) is 0.217. The lowest BCUT2D eigenvalue weighted by molar-refractivity contribution is -0.120. The highest BCUT2D eigenvalue weighted by Gasteiger charge is 2.05. The third kappa shape index (κ3) is 8.51. The first-order valence-electron chi connectivity index (χ1n) is 8.86. The summed E-state index contributed by atoms with van der Waals surface area (Å²) in [6.07, 6.45) is 1.00. The fraction of sp³-hybridized carbons (Fsp3) is 0.421. The standard InChI is InChI=1S/C19H26FN5OS.HI/c1-13-14(2)27-18(25-13)7-8-23-19(21-3)24-10-9-22-17(26)12-15-5-4-6-16(20)11-15;/h4-6,11H,7-10,12H2,1-3H3,(H,22,26)(H2,21,23,24);1H. The number of halogens is 2. The van der Waals surface area contributed by atoms with Crippen molar-refractivity contribution in [1.82, 2.24) is 20.9 Å². The number of guanidine groups is 1. The highest BCUT2D eigenvalue weighted by Crippen LogP contribution is 2.16. The number of aryl methyl sites for hydroxylation is 2. The number of aromatic nitrogens is 1. The summed E-state index contributed by atoms with van der Waals surface area (Å²) >= 11 is 1.72. The van der Waals surface area contributed by atoms with E-state index in [0.717, 1.165) is 23.7 Å². The maximum Gasteiger partial charge on any atom is 0.224 e. The van der Waals surface area contributed by atoms with E-state index in [1.54, 1.807) is 30.5 Å². The van der Waals surface area contributed by atoms with Gasteiger partial charge in [-0.2, -0.15) is 0 Å². The van der Waals surface area contributed by atoms with Gasteiger partial charge in [0.1, 0.15) is 5.82 Å². The molecule has 1 amide bonds. The van der Waals surface area contributed by atoms with Gasteiger partial charge in [-0.05, 0) is 31.5 Å². The first kappa shape index (κ1) is 24.3. The summed E-state index contributed by atoms with van der Waals surface area (Å²) in [5.74, 6) is 0.208. The molecule has 0 aliphatic rings. The van der Waals surface area contributed by atoms with Crippen LogP contribution in [0.15, 0.2) is 29.3 Å². The van der Waals surface area contributed by atoms with Crippen molar-refractivity contribution in [1.29, 1.82) is 0 Å². The average Bonchev–Trinajstić information content (AvgIpc) is 2.94. The van der Waals surface area contributed by atoms with Crippen molar-refractivity contribution < 1.29 is 9.18 Å². The van der Waals surface area contributed by atoms with E-state index in [0.29, 0.717) is 24.6 Å². The number of hydrogen-bond acceptors (Lipinski definition) is 4. The molecule has 6 nitrogen and oxygen atoms in total. The number of carbonyl (C=O) groups is 1. The second-order valence-corrected chi connectivity index (χ2v) is 7.37. The molecule has 0 saturated heterocycles. The lowest BCUT2D eigenvalue weighted by Crippen LogP contribution is -2.42. The minimum absolute atomic E-state index is 0. The Morgan fingerprint density at radius 3 is 2.54 bits per heavy atom. The van der Waals surface area contributed by atoms with Gasteiger partial charge in [0, 0.05) is 38.0 Å². The van der Waals surface area contributed by atoms with Gasteiger partial charge in [0.2, 0.25) is 5.91 Å². The van der Waals surface area contributed by atoms with Gasteiger partial charge >= 0.3 is 0 Å². The van der Waals surface area contributed by atoms with Crippen molar-refractivity contribution in [2.24, 2.45) is 4.99 Å². The molecule has 154 valence electrons. The van der Waals surface area contributed by atoms with E-state index in [1.807, 2.05) is 6.92 Å². The molecular weight excluding hydrogens is 492 g/mol. The molecule has 3 N–H and O–H groups in total. The van der Waals surface area contributed by atoms with Gasteiger partial charge < -0.3 is 16.0 Å². The molecule has 2 rings (SSSR count). The van der Waals surface area contributed by atoms with Gasteiger partial charge in [0.15, 0.2) is 5.96 Å². The summed E-state index contributed by atoms with van der Waals surface area (Å²) in [5.41, 5.74) is 1.75. The average molecular weight is 519 g/mol. The highest BCUT2D eigenvalue weighted by molar-refractivity contribution is 14.0. The molecule has 0 fully saturated rings. The van der Waals surface area contributed by atoms with Gasteiger partial charge in [-0.25, -0.2) is 9.37 Å². The number of rotatable bonds is 8. The molecule has 2 aromatic rings. The Morgan fingerprint density at radius 2 is 1.89 bits per heavy atom. The minimum atomic E-state index is -0.333. The molecule has 1 aromatic carbocycles. The van der Waals surface area contributed by atoms with Gasteiger partial charge in [-0.3, -0.25) is 9.79 Å². The molecule has 1 heterocycles. The summed E-state index contributed by atoms with van der Waals surface area (Å²) in [7, 11) is 1.70. The van der Waals surface area contributed by atoms with Gasteiger partial charge in [0.05, 0.1) is 17.1 Å². The second kappa shape index (κ2) is 12.7. The molecule has 0 radical (unpaired) electrons. The van der Waals surface area contributed by atoms with Crippen molar-refractivity contribution in [3.63, 3.8) is 0 Å². The van der Waals surface area contributed by atoms with E-state index in [-0.39, 0.29) is 42.1 Å². The van der Waals surface area contributed by atoms with Crippen LogP contribution in [-0.4, -0.2) is 43.5 Å². The molecule has 0 unspecified atom stereocenters. The Bertz CT molecular complexity index is 777. The van der Waals surface area contributed by atoms with E-state index in [4.69, 9.17) is 0 Å². The van der Waals surface area contributed by atoms with Crippen LogP contribution in [-0.2, 0) is 17.6 Å². The molecular formula is C19H27FIN5OS. The normalized spacial score (nSPS) is 10.9. The highest BCUT2D eigenvalue weighted by atomic mass is 127. The van der Waals surface area contributed by atoms with E-state index in [1.165, 1.54) is 17.0 Å². The smallest absolute Gasteiger partial charge is 0.224 e. The predicted octanol–water partition coefficient (Wildman–Crippen LogP) is 2.58. The zero-order chi connectivity index (χ0) is 19.6. The second-order valence-electron chi connectivity index (χ2n) is 6.08. The first-order valence-corrected chi connectivity index (χ1v) is 9.68. The Morgan fingerprint density at radius 1 is 1.18 bits per heavy atom. The maximum atomic E-state index is 13.1. The fourth-order valence-electron chi connectivity index (χ4n) is 2.43. The molecule has 0 aliphatic carbocycles. The number of thiazole rings is 1. The summed E-state index contributed by atoms with van der Waals surface area (Å²) in [4.78, 5) is 21.8. The number of benzene rings is 1. The van der Waals surface area contributed by atoms with E-state index < -0.39 is 0 Å². The van der Waals surface area contributed by atoms with E-state index >= 15 is 0 Å². The molecule has 28 heavy (non-hydrogen) atoms. The molecule has 0 saturated carbocycles. The monoisotopic (exact) mass is 519 g/mol. The van der Waals surface area contributed by atoms with Crippen LogP contribution in [0.5, 0.6) is 0 Å². The lowest BCUT2D eigenvalue weighted by atomic mass is 10.1. The molecule has 0 bridgehead atoms. The van der Waals surface area contributed by atoms with Gasteiger partial charge in [0.25, 0.3) is 0 Å². The van der Waals surface area contributed by atoms with Crippen LogP contribution in [0.25, 0.3) is 0 Å². The Kier molecular flexibility index (Phi) is 11.0. The molecule has 1 aromatic heterocycles. The number of aliphatic imine (C=N–C) groups is 1. The number of nitrogens with zero attached hydrogens (tertiary/aromatic N) is 2. The Balaban J connectivity index is 0.00000392. The van der Waals surface area contributed by atoms with Crippen molar-refractivity contribution >= 4 is 47.2 Å². The zero-order valence-corrected chi connectivity index (χ0v) is 19.5. The lowest BCUT2D eigenvalue weighted by Gasteiger charge is -2.12. The van der Waals surface area contributed by atoms with Crippen molar-refractivity contribution in [3.05, 3.63) is 51.2 Å². The van der Waals surface area contributed by atoms with Gasteiger partial charge in [-0.15, -0.1) is 35.3 Å². The van der Waals surface area contributed by atoms with Crippen LogP contribution in [0.2, 0.25) is 0 Å². The topological polar surface area (TPSA) is 78.4 Å². The Hall–Kier alpha value is -1.75. The number of carbonyl (C=O) groups excluding carboxylic acids is 1. The van der Waals surface area contributed by atoms with E-state index in [2.05, 4.69) is 32.9 Å². The summed E-state index contributed by atoms with van der Waals surface area (Å²) in [5, 5.41) is 10.3. The van der Waals surface area contributed by atoms with E-state index in [9.17, 15) is 9.18 Å². The maximum absolute atomic E-state index is 13.1. The third-order valence-electron chi connectivity index (χ3n) is 3.92.